The second-order valence-electron chi connectivity index (χ2n) is 2.21. The molecule has 0 fully saturated rings. The maximum Gasteiger partial charge on any atom is 0.0269 e. The van der Waals surface area contributed by atoms with Gasteiger partial charge >= 0.3 is 0 Å². The molecule has 1 atom stereocenters. The molecule has 2 nitrogen and oxygen atoms in total. The number of pyridine rings is 1. The van der Waals surface area contributed by atoms with Crippen LogP contribution in [0.15, 0.2) is 24.5 Å². The van der Waals surface area contributed by atoms with Crippen molar-refractivity contribution in [2.75, 3.05) is 7.05 Å². The van der Waals surface area contributed by atoms with Gasteiger partial charge in [0.05, 0.1) is 0 Å². The summed E-state index contributed by atoms with van der Waals surface area (Å²) < 4.78 is 0. The minimum absolute atomic E-state index is 0.294. The Hall–Kier alpha value is -0.890. The van der Waals surface area contributed by atoms with Crippen molar-refractivity contribution in [3.05, 3.63) is 35.4 Å². The van der Waals surface area contributed by atoms with E-state index in [1.807, 2.05) is 19.2 Å². The molecule has 1 rings (SSSR count). The lowest BCUT2D eigenvalue weighted by Crippen LogP contribution is -1.89. The summed E-state index contributed by atoms with van der Waals surface area (Å²) >= 11 is 0. The van der Waals surface area contributed by atoms with Crippen LogP contribution < -0.4 is 0 Å². The molecule has 1 aromatic rings. The Kier molecular flexibility index (Phi) is 2.40. The summed E-state index contributed by atoms with van der Waals surface area (Å²) in [7, 11) is 1.82. The molecular weight excluding hydrogens is 124 g/mol. The molecule has 0 bridgehead atoms. The summed E-state index contributed by atoms with van der Waals surface area (Å²) in [5.41, 5.74) is 1.22. The summed E-state index contributed by atoms with van der Waals surface area (Å²) in [6.07, 6.45) is 3.58. The van der Waals surface area contributed by atoms with Gasteiger partial charge in [-0.3, -0.25) is 4.98 Å². The van der Waals surface area contributed by atoms with Crippen LogP contribution in [0.4, 0.5) is 0 Å². The average Bonchev–Trinajstić information content (AvgIpc) is 2.05. The van der Waals surface area contributed by atoms with Crippen LogP contribution in [0, 0.1) is 0 Å². The predicted molar refractivity (Wildman–Crippen MR) is 41.9 cm³/mol. The Labute approximate surface area is 61.3 Å². The van der Waals surface area contributed by atoms with Crippen LogP contribution >= 0.6 is 0 Å². The van der Waals surface area contributed by atoms with Gasteiger partial charge in [-0.05, 0) is 12.1 Å². The molecule has 54 valence electrons. The van der Waals surface area contributed by atoms with Crippen molar-refractivity contribution in [3.63, 3.8) is 0 Å². The Morgan fingerprint density at radius 1 is 1.40 bits per heavy atom. The Morgan fingerprint density at radius 2 is 2.00 bits per heavy atom. The smallest absolute Gasteiger partial charge is 0.0269 e. The third-order valence-corrected chi connectivity index (χ3v) is 1.58. The van der Waals surface area contributed by atoms with E-state index in [1.165, 1.54) is 5.56 Å². The fraction of sp³-hybridized carbons (Fsp3) is 0.375. The number of aromatic nitrogens is 1. The summed E-state index contributed by atoms with van der Waals surface area (Å²) in [6.45, 7) is 2.06. The summed E-state index contributed by atoms with van der Waals surface area (Å²) in [5.74, 6) is 0. The van der Waals surface area contributed by atoms with Gasteiger partial charge in [0.1, 0.15) is 0 Å². The van der Waals surface area contributed by atoms with Crippen molar-refractivity contribution < 1.29 is 0 Å². The zero-order valence-electron chi connectivity index (χ0n) is 6.28. The fourth-order valence-corrected chi connectivity index (χ4v) is 0.791. The average molecular weight is 135 g/mol. The van der Waals surface area contributed by atoms with Crippen molar-refractivity contribution in [1.82, 2.24) is 4.98 Å². The quantitative estimate of drug-likeness (QED) is 0.610. The molecule has 1 heterocycles. The molecule has 0 saturated heterocycles. The van der Waals surface area contributed by atoms with Gasteiger partial charge < -0.3 is 5.32 Å². The van der Waals surface area contributed by atoms with E-state index in [-0.39, 0.29) is 0 Å². The maximum absolute atomic E-state index is 4.13. The van der Waals surface area contributed by atoms with Crippen molar-refractivity contribution >= 4 is 0 Å². The van der Waals surface area contributed by atoms with E-state index >= 15 is 0 Å². The van der Waals surface area contributed by atoms with Crippen LogP contribution in [0.2, 0.25) is 0 Å². The molecule has 0 aliphatic carbocycles. The monoisotopic (exact) mass is 135 g/mol. The minimum atomic E-state index is 0.294. The second-order valence-corrected chi connectivity index (χ2v) is 2.21. The van der Waals surface area contributed by atoms with Gasteiger partial charge in [0.2, 0.25) is 0 Å². The van der Waals surface area contributed by atoms with Crippen LogP contribution in [0.1, 0.15) is 18.5 Å². The van der Waals surface area contributed by atoms with E-state index in [0.717, 1.165) is 0 Å². The van der Waals surface area contributed by atoms with Crippen LogP contribution in [0.3, 0.4) is 0 Å². The first-order valence-corrected chi connectivity index (χ1v) is 3.33. The van der Waals surface area contributed by atoms with Crippen molar-refractivity contribution in [3.8, 4) is 0 Å². The normalized spacial score (nSPS) is 13.0. The number of hydrogen-bond donors (Lipinski definition) is 0. The highest BCUT2D eigenvalue weighted by Gasteiger charge is 1.89. The Balaban J connectivity index is 2.75. The van der Waals surface area contributed by atoms with Crippen molar-refractivity contribution in [2.24, 2.45) is 0 Å². The third kappa shape index (κ3) is 1.54. The summed E-state index contributed by atoms with van der Waals surface area (Å²) in [6, 6.07) is 4.26. The van der Waals surface area contributed by atoms with E-state index < -0.39 is 0 Å². The fourth-order valence-electron chi connectivity index (χ4n) is 0.791. The molecule has 0 saturated carbocycles. The first-order chi connectivity index (χ1) is 4.84. The molecule has 0 aliphatic rings. The van der Waals surface area contributed by atoms with Gasteiger partial charge in [-0.2, -0.15) is 7.05 Å². The zero-order valence-corrected chi connectivity index (χ0v) is 6.28. The van der Waals surface area contributed by atoms with Crippen LogP contribution in [-0.2, 0) is 0 Å². The molecule has 0 aromatic carbocycles. The van der Waals surface area contributed by atoms with E-state index in [0.29, 0.717) is 6.04 Å². The highest BCUT2D eigenvalue weighted by atomic mass is 14.9. The topological polar surface area (TPSA) is 27.0 Å². The molecule has 0 N–H and O–H groups in total. The van der Waals surface area contributed by atoms with E-state index in [4.69, 9.17) is 0 Å². The number of hydrogen-bond acceptors (Lipinski definition) is 1. The summed E-state index contributed by atoms with van der Waals surface area (Å²) in [4.78, 5) is 3.92. The molecule has 1 unspecified atom stereocenters. The van der Waals surface area contributed by atoms with Gasteiger partial charge in [0, 0.05) is 12.4 Å². The molecule has 2 heteroatoms. The largest absolute Gasteiger partial charge is 0.659 e. The third-order valence-electron chi connectivity index (χ3n) is 1.58. The van der Waals surface area contributed by atoms with Gasteiger partial charge in [-0.25, -0.2) is 0 Å². The predicted octanol–water partition coefficient (Wildman–Crippen LogP) is 2.15. The van der Waals surface area contributed by atoms with Gasteiger partial charge in [-0.15, -0.1) is 6.04 Å². The standard InChI is InChI=1S/C8H11N2/c1-7(9-2)8-3-5-10-6-4-8/h3-7H,1-2H3/q-1. The van der Waals surface area contributed by atoms with Crippen molar-refractivity contribution in [2.45, 2.75) is 13.0 Å². The van der Waals surface area contributed by atoms with E-state index in [1.54, 1.807) is 12.4 Å². The molecule has 0 amide bonds. The number of rotatable bonds is 2. The minimum Gasteiger partial charge on any atom is -0.659 e. The lowest BCUT2D eigenvalue weighted by atomic mass is 10.1. The molecule has 0 radical (unpaired) electrons. The van der Waals surface area contributed by atoms with Gasteiger partial charge in [0.15, 0.2) is 0 Å². The highest BCUT2D eigenvalue weighted by Crippen LogP contribution is 2.17. The highest BCUT2D eigenvalue weighted by molar-refractivity contribution is 5.18. The van der Waals surface area contributed by atoms with E-state index in [9.17, 15) is 0 Å². The Morgan fingerprint density at radius 3 is 2.50 bits per heavy atom. The van der Waals surface area contributed by atoms with Gasteiger partial charge in [-0.1, -0.05) is 12.5 Å². The van der Waals surface area contributed by atoms with E-state index in [2.05, 4.69) is 17.2 Å². The first kappa shape index (κ1) is 7.22. The van der Waals surface area contributed by atoms with Crippen LogP contribution in [-0.4, -0.2) is 12.0 Å². The molecule has 0 aliphatic heterocycles. The van der Waals surface area contributed by atoms with Gasteiger partial charge in [0.25, 0.3) is 0 Å². The molecule has 10 heavy (non-hydrogen) atoms. The molecule has 1 aromatic heterocycles. The summed E-state index contributed by atoms with van der Waals surface area (Å²) in [5, 5.41) is 4.13. The molecule has 0 spiro atoms. The number of nitrogens with zero attached hydrogens (tertiary/aromatic N) is 2. The maximum atomic E-state index is 4.13. The first-order valence-electron chi connectivity index (χ1n) is 3.33. The van der Waals surface area contributed by atoms with Crippen molar-refractivity contribution in [1.29, 1.82) is 0 Å². The van der Waals surface area contributed by atoms with Crippen LogP contribution in [0.25, 0.3) is 5.32 Å². The van der Waals surface area contributed by atoms with Crippen LogP contribution in [0.5, 0.6) is 0 Å². The Bertz CT molecular complexity index is 184. The zero-order chi connectivity index (χ0) is 7.40. The lowest BCUT2D eigenvalue weighted by Gasteiger charge is -2.22. The molecular formula is C8H11N2-. The SMILES string of the molecule is C[N-]C(C)c1ccncc1. The second kappa shape index (κ2) is 3.32. The lowest BCUT2D eigenvalue weighted by molar-refractivity contribution is 0.911.